The third-order valence-electron chi connectivity index (χ3n) is 0.607. The van der Waals surface area contributed by atoms with E-state index in [1.807, 2.05) is 30.3 Å². The van der Waals surface area contributed by atoms with Gasteiger partial charge in [0.15, 0.2) is 0 Å². The van der Waals surface area contributed by atoms with Crippen molar-refractivity contribution in [1.82, 2.24) is 0 Å². The summed E-state index contributed by atoms with van der Waals surface area (Å²) in [6, 6.07) is 12.5. The van der Waals surface area contributed by atoms with Gasteiger partial charge in [0.25, 0.3) is 0 Å². The summed E-state index contributed by atoms with van der Waals surface area (Å²) in [5, 5.41) is 0. The van der Waals surface area contributed by atoms with Gasteiger partial charge in [0.1, 0.15) is 0 Å². The molecule has 0 radical (unpaired) electrons. The minimum atomic E-state index is -1.08. The maximum atomic E-state index is 8.35. The zero-order chi connectivity index (χ0) is 6.95. The Balaban J connectivity index is 0. The van der Waals surface area contributed by atoms with Crippen molar-refractivity contribution in [3.63, 3.8) is 0 Å². The van der Waals surface area contributed by atoms with E-state index in [2.05, 4.69) is 6.07 Å². The molecule has 0 saturated heterocycles. The zero-order valence-corrected chi connectivity index (χ0v) is 9.22. The van der Waals surface area contributed by atoms with Gasteiger partial charge in [-0.25, -0.2) is 0 Å². The molecule has 0 unspecified atom stereocenters. The van der Waals surface area contributed by atoms with Crippen LogP contribution in [-0.2, 0) is 24.0 Å². The Bertz CT molecular complexity index is 119. The molecule has 10 heavy (non-hydrogen) atoms. The Kier molecular flexibility index (Phi) is 14.7. The summed E-state index contributed by atoms with van der Waals surface area (Å²) >= 11 is 0. The van der Waals surface area contributed by atoms with Crippen molar-refractivity contribution < 1.29 is 28.9 Å². The SMILES string of the molecule is O=P[O-].[Zn+2].[c-]1ccccc1. The molecule has 0 aliphatic rings. The average molecular weight is 205 g/mol. The third kappa shape index (κ3) is 10.8. The number of hydrogen-bond acceptors (Lipinski definition) is 2. The van der Waals surface area contributed by atoms with Gasteiger partial charge in [-0.2, -0.15) is 36.4 Å². The van der Waals surface area contributed by atoms with Crippen molar-refractivity contribution in [2.45, 2.75) is 0 Å². The molecule has 1 rings (SSSR count). The van der Waals surface area contributed by atoms with Gasteiger partial charge in [-0.05, 0) is 0 Å². The molecule has 0 spiro atoms. The molecule has 1 aromatic rings. The van der Waals surface area contributed by atoms with Gasteiger partial charge >= 0.3 is 19.5 Å². The second-order valence-electron chi connectivity index (χ2n) is 1.15. The van der Waals surface area contributed by atoms with E-state index in [-0.39, 0.29) is 19.5 Å². The van der Waals surface area contributed by atoms with E-state index in [4.69, 9.17) is 9.46 Å². The number of rotatable bonds is 0. The molecule has 48 valence electrons. The van der Waals surface area contributed by atoms with Crippen molar-refractivity contribution >= 4 is 8.69 Å². The largest absolute Gasteiger partial charge is 2.00 e. The Morgan fingerprint density at radius 1 is 1.20 bits per heavy atom. The van der Waals surface area contributed by atoms with Crippen molar-refractivity contribution in [1.29, 1.82) is 0 Å². The Morgan fingerprint density at radius 3 is 1.70 bits per heavy atom. The molecule has 0 bridgehead atoms. The predicted octanol–water partition coefficient (Wildman–Crippen LogP) is 1.04. The molecule has 1 aromatic carbocycles. The van der Waals surface area contributed by atoms with E-state index in [0.717, 1.165) is 0 Å². The van der Waals surface area contributed by atoms with Gasteiger partial charge in [-0.1, -0.05) is 0 Å². The Hall–Kier alpha value is -0.0966. The molecule has 0 saturated carbocycles. The van der Waals surface area contributed by atoms with Crippen LogP contribution in [0.25, 0.3) is 0 Å². The van der Waals surface area contributed by atoms with Crippen LogP contribution < -0.4 is 4.89 Å². The van der Waals surface area contributed by atoms with E-state index in [1.165, 1.54) is 0 Å². The van der Waals surface area contributed by atoms with E-state index < -0.39 is 8.69 Å². The standard InChI is InChI=1S/C6H5.HO2P.Zn/c1-2-4-6-5-3-1;1-3-2;/h1-5H;(H,1,2);/q-1;;+2/p-1. The average Bonchev–Trinajstić information content (AvgIpc) is 1.93. The molecule has 0 amide bonds. The van der Waals surface area contributed by atoms with Crippen LogP contribution in [0, 0.1) is 6.07 Å². The summed E-state index contributed by atoms with van der Waals surface area (Å²) in [5.74, 6) is 0. The van der Waals surface area contributed by atoms with Gasteiger partial charge in [-0.15, -0.1) is 0 Å². The predicted molar refractivity (Wildman–Crippen MR) is 32.9 cm³/mol. The van der Waals surface area contributed by atoms with Crippen LogP contribution in [0.5, 0.6) is 0 Å². The Morgan fingerprint density at radius 2 is 1.60 bits per heavy atom. The van der Waals surface area contributed by atoms with Gasteiger partial charge in [0.05, 0.1) is 8.69 Å². The second-order valence-corrected chi connectivity index (χ2v) is 1.30. The van der Waals surface area contributed by atoms with Gasteiger partial charge in [0.2, 0.25) is 0 Å². The number of hydrogen-bond donors (Lipinski definition) is 0. The third-order valence-corrected chi connectivity index (χ3v) is 0.607. The quantitative estimate of drug-likeness (QED) is 0.361. The van der Waals surface area contributed by atoms with Crippen molar-refractivity contribution in [3.05, 3.63) is 36.4 Å². The van der Waals surface area contributed by atoms with Crippen LogP contribution >= 0.6 is 8.69 Å². The number of benzene rings is 1. The fourth-order valence-electron chi connectivity index (χ4n) is 0.342. The van der Waals surface area contributed by atoms with Crippen molar-refractivity contribution in [3.8, 4) is 0 Å². The smallest absolute Gasteiger partial charge is 0.772 e. The van der Waals surface area contributed by atoms with E-state index in [9.17, 15) is 0 Å². The molecule has 0 aromatic heterocycles. The summed E-state index contributed by atoms with van der Waals surface area (Å²) in [5.41, 5.74) is 0. The second kappa shape index (κ2) is 11.7. The molecular formula is C6H5O2PZn. The minimum absolute atomic E-state index is 0. The molecule has 4 heteroatoms. The molecule has 2 nitrogen and oxygen atoms in total. The van der Waals surface area contributed by atoms with Crippen LogP contribution in [-0.4, -0.2) is 0 Å². The Labute approximate surface area is 74.3 Å². The first-order valence-electron chi connectivity index (χ1n) is 2.28. The molecule has 0 N–H and O–H groups in total. The summed E-state index contributed by atoms with van der Waals surface area (Å²) in [6.07, 6.45) is 0. The normalized spacial score (nSPS) is 6.90. The molecule has 0 atom stereocenters. The van der Waals surface area contributed by atoms with Crippen LogP contribution in [0.2, 0.25) is 0 Å². The van der Waals surface area contributed by atoms with Crippen LogP contribution in [0.4, 0.5) is 0 Å². The first-order valence-corrected chi connectivity index (χ1v) is 3.01. The summed E-state index contributed by atoms with van der Waals surface area (Å²) in [6.45, 7) is 0. The van der Waals surface area contributed by atoms with E-state index >= 15 is 0 Å². The molecule has 0 aliphatic heterocycles. The maximum Gasteiger partial charge on any atom is 2.00 e. The maximum absolute atomic E-state index is 8.35. The zero-order valence-electron chi connectivity index (χ0n) is 5.36. The molecule has 0 fully saturated rings. The van der Waals surface area contributed by atoms with Gasteiger partial charge < -0.3 is 4.89 Å². The van der Waals surface area contributed by atoms with Crippen LogP contribution in [0.3, 0.4) is 0 Å². The summed E-state index contributed by atoms with van der Waals surface area (Å²) in [4.78, 5) is 8.35. The first kappa shape index (κ1) is 12.6. The van der Waals surface area contributed by atoms with Gasteiger partial charge in [-0.3, -0.25) is 4.57 Å². The molecular weight excluding hydrogens is 200 g/mol. The van der Waals surface area contributed by atoms with E-state index in [1.54, 1.807) is 0 Å². The summed E-state index contributed by atoms with van der Waals surface area (Å²) < 4.78 is 8.35. The fraction of sp³-hybridized carbons (Fsp3) is 0. The molecule has 0 heterocycles. The fourth-order valence-corrected chi connectivity index (χ4v) is 0.342. The monoisotopic (exact) mass is 204 g/mol. The van der Waals surface area contributed by atoms with E-state index in [0.29, 0.717) is 0 Å². The van der Waals surface area contributed by atoms with Crippen molar-refractivity contribution in [2.24, 2.45) is 0 Å². The topological polar surface area (TPSA) is 40.1 Å². The van der Waals surface area contributed by atoms with Gasteiger partial charge in [0, 0.05) is 0 Å². The van der Waals surface area contributed by atoms with Crippen LogP contribution in [0.1, 0.15) is 0 Å². The molecule has 0 aliphatic carbocycles. The van der Waals surface area contributed by atoms with Crippen molar-refractivity contribution in [2.75, 3.05) is 0 Å². The first-order chi connectivity index (χ1) is 4.41. The minimum Gasteiger partial charge on any atom is -0.772 e. The summed E-state index contributed by atoms with van der Waals surface area (Å²) in [7, 11) is -1.08. The van der Waals surface area contributed by atoms with Crippen LogP contribution in [0.15, 0.2) is 30.3 Å².